The van der Waals surface area contributed by atoms with Gasteiger partial charge in [-0.2, -0.15) is 5.26 Å². The molecule has 1 aromatic rings. The zero-order chi connectivity index (χ0) is 15.7. The minimum Gasteiger partial charge on any atom is -0.480 e. The maximum atomic E-state index is 12.0. The number of carboxylic acid groups (broad SMARTS) is 1. The summed E-state index contributed by atoms with van der Waals surface area (Å²) in [4.78, 5) is 23.2. The van der Waals surface area contributed by atoms with Gasteiger partial charge >= 0.3 is 5.97 Å². The van der Waals surface area contributed by atoms with Crippen molar-refractivity contribution in [3.8, 4) is 6.07 Å². The molecule has 0 saturated heterocycles. The lowest BCUT2D eigenvalue weighted by atomic mass is 10.1. The number of nitrogens with zero attached hydrogens (tertiary/aromatic N) is 1. The van der Waals surface area contributed by atoms with Crippen molar-refractivity contribution in [1.29, 1.82) is 5.26 Å². The number of aliphatic carboxylic acids is 1. The van der Waals surface area contributed by atoms with Gasteiger partial charge in [0.2, 0.25) is 0 Å². The lowest BCUT2D eigenvalue weighted by Gasteiger charge is -2.14. The second-order valence-corrected chi connectivity index (χ2v) is 4.90. The van der Waals surface area contributed by atoms with Crippen molar-refractivity contribution in [2.24, 2.45) is 0 Å². The largest absolute Gasteiger partial charge is 0.480 e. The SMILES string of the molecule is CCCCCC[C@@H](NC(=O)c1ccc(C#N)cc1)C(=O)O. The number of amides is 1. The molecule has 1 amide bonds. The van der Waals surface area contributed by atoms with E-state index in [-0.39, 0.29) is 0 Å². The summed E-state index contributed by atoms with van der Waals surface area (Å²) in [5.74, 6) is -1.45. The lowest BCUT2D eigenvalue weighted by Crippen LogP contribution is -2.40. The number of carboxylic acids is 1. The summed E-state index contributed by atoms with van der Waals surface area (Å²) in [6.45, 7) is 2.08. The van der Waals surface area contributed by atoms with Gasteiger partial charge in [0.1, 0.15) is 6.04 Å². The predicted octanol–water partition coefficient (Wildman–Crippen LogP) is 2.71. The van der Waals surface area contributed by atoms with Crippen LogP contribution in [0.4, 0.5) is 0 Å². The molecule has 1 atom stereocenters. The van der Waals surface area contributed by atoms with Crippen LogP contribution in [-0.2, 0) is 4.79 Å². The fourth-order valence-electron chi connectivity index (χ4n) is 1.97. The number of hydrogen-bond acceptors (Lipinski definition) is 3. The first-order valence-corrected chi connectivity index (χ1v) is 7.12. The van der Waals surface area contributed by atoms with Crippen molar-refractivity contribution < 1.29 is 14.7 Å². The van der Waals surface area contributed by atoms with Gasteiger partial charge in [-0.3, -0.25) is 4.79 Å². The minimum atomic E-state index is -1.02. The van der Waals surface area contributed by atoms with E-state index < -0.39 is 17.9 Å². The van der Waals surface area contributed by atoms with Crippen molar-refractivity contribution in [1.82, 2.24) is 5.32 Å². The summed E-state index contributed by atoms with van der Waals surface area (Å²) < 4.78 is 0. The van der Waals surface area contributed by atoms with Gasteiger partial charge in [-0.1, -0.05) is 32.6 Å². The molecule has 112 valence electrons. The Hall–Kier alpha value is -2.35. The van der Waals surface area contributed by atoms with E-state index in [0.717, 1.165) is 25.7 Å². The molecule has 0 saturated carbocycles. The number of unbranched alkanes of at least 4 members (excludes halogenated alkanes) is 3. The van der Waals surface area contributed by atoms with Crippen molar-refractivity contribution in [3.05, 3.63) is 35.4 Å². The number of carbonyl (C=O) groups is 2. The van der Waals surface area contributed by atoms with Crippen LogP contribution in [0, 0.1) is 11.3 Å². The highest BCUT2D eigenvalue weighted by molar-refractivity contribution is 5.96. The summed E-state index contributed by atoms with van der Waals surface area (Å²) in [6.07, 6.45) is 4.31. The molecule has 1 aromatic carbocycles. The standard InChI is InChI=1S/C16H20N2O3/c1-2-3-4-5-6-14(16(20)21)18-15(19)13-9-7-12(11-17)8-10-13/h7-10,14H,2-6H2,1H3,(H,18,19)(H,20,21)/t14-/m1/s1. The quantitative estimate of drug-likeness (QED) is 0.720. The first-order chi connectivity index (χ1) is 10.1. The third-order valence-corrected chi connectivity index (χ3v) is 3.23. The summed E-state index contributed by atoms with van der Waals surface area (Å²) in [6, 6.07) is 7.20. The second-order valence-electron chi connectivity index (χ2n) is 4.90. The van der Waals surface area contributed by atoms with Crippen LogP contribution in [0.3, 0.4) is 0 Å². The first kappa shape index (κ1) is 16.7. The van der Waals surface area contributed by atoms with Gasteiger partial charge in [-0.05, 0) is 30.7 Å². The molecule has 0 aliphatic carbocycles. The number of carbonyl (C=O) groups excluding carboxylic acids is 1. The maximum Gasteiger partial charge on any atom is 0.326 e. The molecule has 0 fully saturated rings. The van der Waals surface area contributed by atoms with E-state index in [4.69, 9.17) is 10.4 Å². The fraction of sp³-hybridized carbons (Fsp3) is 0.438. The Kier molecular flexibility index (Phi) is 6.96. The Bertz CT molecular complexity index is 517. The van der Waals surface area contributed by atoms with Crippen LogP contribution in [0.1, 0.15) is 54.9 Å². The van der Waals surface area contributed by atoms with E-state index in [1.54, 1.807) is 0 Å². The molecule has 0 radical (unpaired) electrons. The third-order valence-electron chi connectivity index (χ3n) is 3.23. The van der Waals surface area contributed by atoms with E-state index in [0.29, 0.717) is 17.5 Å². The molecule has 0 spiro atoms. The Morgan fingerprint density at radius 1 is 1.24 bits per heavy atom. The Balaban J connectivity index is 2.59. The zero-order valence-electron chi connectivity index (χ0n) is 12.1. The van der Waals surface area contributed by atoms with E-state index >= 15 is 0 Å². The molecule has 0 unspecified atom stereocenters. The monoisotopic (exact) mass is 288 g/mol. The van der Waals surface area contributed by atoms with Crippen molar-refractivity contribution in [3.63, 3.8) is 0 Å². The van der Waals surface area contributed by atoms with E-state index in [1.165, 1.54) is 24.3 Å². The Labute approximate surface area is 124 Å². The van der Waals surface area contributed by atoms with Crippen LogP contribution in [0.5, 0.6) is 0 Å². The van der Waals surface area contributed by atoms with Gasteiger partial charge in [0.15, 0.2) is 0 Å². The van der Waals surface area contributed by atoms with Gasteiger partial charge in [-0.15, -0.1) is 0 Å². The molecule has 21 heavy (non-hydrogen) atoms. The lowest BCUT2D eigenvalue weighted by molar-refractivity contribution is -0.139. The van der Waals surface area contributed by atoms with Crippen molar-refractivity contribution in [2.75, 3.05) is 0 Å². The molecule has 0 aromatic heterocycles. The number of nitriles is 1. The van der Waals surface area contributed by atoms with Crippen LogP contribution >= 0.6 is 0 Å². The minimum absolute atomic E-state index is 0.355. The molecule has 0 heterocycles. The molecule has 5 heteroatoms. The molecule has 0 aliphatic heterocycles. The second kappa shape index (κ2) is 8.75. The molecule has 2 N–H and O–H groups in total. The zero-order valence-corrected chi connectivity index (χ0v) is 12.1. The van der Waals surface area contributed by atoms with Gasteiger partial charge in [-0.25, -0.2) is 4.79 Å². The van der Waals surface area contributed by atoms with Gasteiger partial charge in [0.05, 0.1) is 11.6 Å². The summed E-state index contributed by atoms with van der Waals surface area (Å²) in [5.41, 5.74) is 0.815. The normalized spacial score (nSPS) is 11.4. The Morgan fingerprint density at radius 2 is 1.90 bits per heavy atom. The van der Waals surface area contributed by atoms with Crippen LogP contribution < -0.4 is 5.32 Å². The van der Waals surface area contributed by atoms with Crippen LogP contribution in [-0.4, -0.2) is 23.0 Å². The van der Waals surface area contributed by atoms with Crippen LogP contribution in [0.15, 0.2) is 24.3 Å². The average Bonchev–Trinajstić information content (AvgIpc) is 2.50. The number of hydrogen-bond donors (Lipinski definition) is 2. The van der Waals surface area contributed by atoms with Crippen LogP contribution in [0.25, 0.3) is 0 Å². The number of nitrogens with one attached hydrogen (secondary N) is 1. The third kappa shape index (κ3) is 5.65. The fourth-order valence-corrected chi connectivity index (χ4v) is 1.97. The van der Waals surface area contributed by atoms with E-state index in [1.807, 2.05) is 6.07 Å². The molecule has 0 bridgehead atoms. The average molecular weight is 288 g/mol. The Morgan fingerprint density at radius 3 is 2.43 bits per heavy atom. The highest BCUT2D eigenvalue weighted by Gasteiger charge is 2.20. The van der Waals surface area contributed by atoms with Gasteiger partial charge in [0, 0.05) is 5.56 Å². The number of rotatable bonds is 8. The summed E-state index contributed by atoms with van der Waals surface area (Å²) >= 11 is 0. The molecule has 5 nitrogen and oxygen atoms in total. The highest BCUT2D eigenvalue weighted by Crippen LogP contribution is 2.08. The van der Waals surface area contributed by atoms with E-state index in [9.17, 15) is 9.59 Å². The smallest absolute Gasteiger partial charge is 0.326 e. The summed E-state index contributed by atoms with van der Waals surface area (Å²) in [5, 5.41) is 20.4. The van der Waals surface area contributed by atoms with Gasteiger partial charge in [0.25, 0.3) is 5.91 Å². The van der Waals surface area contributed by atoms with Crippen molar-refractivity contribution in [2.45, 2.75) is 45.1 Å². The maximum absolute atomic E-state index is 12.0. The molecule has 0 aliphatic rings. The molecular formula is C16H20N2O3. The highest BCUT2D eigenvalue weighted by atomic mass is 16.4. The van der Waals surface area contributed by atoms with E-state index in [2.05, 4.69) is 12.2 Å². The summed E-state index contributed by atoms with van der Waals surface area (Å²) in [7, 11) is 0. The van der Waals surface area contributed by atoms with Crippen LogP contribution in [0.2, 0.25) is 0 Å². The molecular weight excluding hydrogens is 268 g/mol. The molecule has 1 rings (SSSR count). The topological polar surface area (TPSA) is 90.2 Å². The van der Waals surface area contributed by atoms with Crippen molar-refractivity contribution >= 4 is 11.9 Å². The van der Waals surface area contributed by atoms with Gasteiger partial charge < -0.3 is 10.4 Å². The first-order valence-electron chi connectivity index (χ1n) is 7.12. The predicted molar refractivity (Wildman–Crippen MR) is 78.8 cm³/mol. The number of benzene rings is 1.